The first-order chi connectivity index (χ1) is 11.1. The number of amides is 1. The number of likely N-dealkylation sites (tertiary alicyclic amines) is 1. The van der Waals surface area contributed by atoms with Crippen LogP contribution in [0.15, 0.2) is 4.99 Å². The van der Waals surface area contributed by atoms with Gasteiger partial charge in [0, 0.05) is 58.8 Å². The van der Waals surface area contributed by atoms with Crippen LogP contribution in [-0.4, -0.2) is 76.3 Å². The van der Waals surface area contributed by atoms with Gasteiger partial charge in [0.1, 0.15) is 0 Å². The van der Waals surface area contributed by atoms with Crippen molar-refractivity contribution in [1.29, 1.82) is 0 Å². The van der Waals surface area contributed by atoms with E-state index < -0.39 is 0 Å². The lowest BCUT2D eigenvalue weighted by atomic mass is 10.1. The summed E-state index contributed by atoms with van der Waals surface area (Å²) in [6.07, 6.45) is 2.21. The van der Waals surface area contributed by atoms with Crippen molar-refractivity contribution < 1.29 is 9.53 Å². The van der Waals surface area contributed by atoms with Gasteiger partial charge in [0.15, 0.2) is 5.96 Å². The highest BCUT2D eigenvalue weighted by Gasteiger charge is 2.19. The van der Waals surface area contributed by atoms with Crippen molar-refractivity contribution >= 4 is 35.8 Å². The first-order valence-corrected chi connectivity index (χ1v) is 8.53. The number of guanidine groups is 1. The normalized spacial score (nSPS) is 16.6. The van der Waals surface area contributed by atoms with Gasteiger partial charge in [0.2, 0.25) is 5.91 Å². The molecule has 1 aliphatic heterocycles. The van der Waals surface area contributed by atoms with E-state index in [0.29, 0.717) is 19.1 Å². The molecule has 3 N–H and O–H groups in total. The molecule has 0 unspecified atom stereocenters. The fourth-order valence-corrected chi connectivity index (χ4v) is 2.48. The molecule has 7 nitrogen and oxygen atoms in total. The van der Waals surface area contributed by atoms with E-state index in [0.717, 1.165) is 45.0 Å². The quantitative estimate of drug-likeness (QED) is 0.217. The maximum Gasteiger partial charge on any atom is 0.222 e. The van der Waals surface area contributed by atoms with Gasteiger partial charge >= 0.3 is 0 Å². The number of carbonyl (C=O) groups excluding carboxylic acids is 1. The summed E-state index contributed by atoms with van der Waals surface area (Å²) < 4.78 is 5.12. The number of hydrogen-bond acceptors (Lipinski definition) is 4. The third-order valence-electron chi connectivity index (χ3n) is 4.00. The molecule has 8 heteroatoms. The molecule has 0 aromatic rings. The number of rotatable bonds is 8. The minimum absolute atomic E-state index is 0. The summed E-state index contributed by atoms with van der Waals surface area (Å²) in [5.74, 6) is 0.910. The molecule has 1 fully saturated rings. The Morgan fingerprint density at radius 3 is 2.42 bits per heavy atom. The number of halogens is 1. The summed E-state index contributed by atoms with van der Waals surface area (Å²) >= 11 is 0. The van der Waals surface area contributed by atoms with Crippen molar-refractivity contribution in [2.45, 2.75) is 32.7 Å². The maximum atomic E-state index is 11.5. The summed E-state index contributed by atoms with van der Waals surface area (Å²) in [5, 5.41) is 9.60. The van der Waals surface area contributed by atoms with Crippen LogP contribution >= 0.6 is 24.0 Å². The number of methoxy groups -OCH3 is 1. The molecular formula is C16H34IN5O2. The molecular weight excluding hydrogens is 421 g/mol. The second-order valence-corrected chi connectivity index (χ2v) is 6.20. The molecule has 0 bridgehead atoms. The summed E-state index contributed by atoms with van der Waals surface area (Å²) in [5.41, 5.74) is 0. The molecule has 1 amide bonds. The zero-order chi connectivity index (χ0) is 17.1. The zero-order valence-electron chi connectivity index (χ0n) is 15.4. The van der Waals surface area contributed by atoms with E-state index >= 15 is 0 Å². The number of piperidine rings is 1. The molecule has 0 aliphatic carbocycles. The predicted molar refractivity (Wildman–Crippen MR) is 109 cm³/mol. The van der Waals surface area contributed by atoms with Crippen LogP contribution in [0.2, 0.25) is 0 Å². The molecule has 0 saturated carbocycles. The largest absolute Gasteiger partial charge is 0.383 e. The Morgan fingerprint density at radius 1 is 1.25 bits per heavy atom. The van der Waals surface area contributed by atoms with E-state index in [-0.39, 0.29) is 35.8 Å². The molecule has 0 radical (unpaired) electrons. The first-order valence-electron chi connectivity index (χ1n) is 8.53. The van der Waals surface area contributed by atoms with Crippen molar-refractivity contribution in [1.82, 2.24) is 20.9 Å². The highest BCUT2D eigenvalue weighted by Crippen LogP contribution is 2.09. The van der Waals surface area contributed by atoms with Crippen LogP contribution in [0.3, 0.4) is 0 Å². The van der Waals surface area contributed by atoms with Gasteiger partial charge in [0.05, 0.1) is 6.61 Å². The van der Waals surface area contributed by atoms with Gasteiger partial charge in [-0.15, -0.1) is 24.0 Å². The van der Waals surface area contributed by atoms with E-state index in [9.17, 15) is 4.79 Å². The average molecular weight is 455 g/mol. The third kappa shape index (κ3) is 9.63. The lowest BCUT2D eigenvalue weighted by Gasteiger charge is -2.32. The van der Waals surface area contributed by atoms with E-state index in [1.807, 2.05) is 13.8 Å². The van der Waals surface area contributed by atoms with Crippen molar-refractivity contribution in [2.24, 2.45) is 10.9 Å². The van der Waals surface area contributed by atoms with Gasteiger partial charge in [-0.1, -0.05) is 13.8 Å². The van der Waals surface area contributed by atoms with Gasteiger partial charge in [0.25, 0.3) is 0 Å². The Bertz CT molecular complexity index is 371. The van der Waals surface area contributed by atoms with E-state index in [4.69, 9.17) is 4.74 Å². The van der Waals surface area contributed by atoms with Gasteiger partial charge in [-0.25, -0.2) is 0 Å². The Hall–Kier alpha value is -0.610. The molecule has 0 aromatic carbocycles. The molecule has 24 heavy (non-hydrogen) atoms. The van der Waals surface area contributed by atoms with Crippen molar-refractivity contribution in [3.8, 4) is 0 Å². The van der Waals surface area contributed by atoms with E-state index in [1.165, 1.54) is 0 Å². The molecule has 0 spiro atoms. The minimum Gasteiger partial charge on any atom is -0.383 e. The Morgan fingerprint density at radius 2 is 1.88 bits per heavy atom. The fraction of sp³-hybridized carbons (Fsp3) is 0.875. The number of carbonyl (C=O) groups is 1. The average Bonchev–Trinajstić information content (AvgIpc) is 2.56. The number of ether oxygens (including phenoxy) is 1. The molecule has 1 rings (SSSR count). The minimum atomic E-state index is 0. The number of hydrogen-bond donors (Lipinski definition) is 3. The van der Waals surface area contributed by atoms with Gasteiger partial charge in [-0.3, -0.25) is 9.79 Å². The van der Waals surface area contributed by atoms with Gasteiger partial charge < -0.3 is 25.6 Å². The molecule has 0 aromatic heterocycles. The second kappa shape index (κ2) is 13.7. The van der Waals surface area contributed by atoms with Crippen molar-refractivity contribution in [3.63, 3.8) is 0 Å². The lowest BCUT2D eigenvalue weighted by molar-refractivity contribution is -0.123. The van der Waals surface area contributed by atoms with Gasteiger partial charge in [-0.2, -0.15) is 0 Å². The van der Waals surface area contributed by atoms with Crippen molar-refractivity contribution in [2.75, 3.05) is 53.5 Å². The molecule has 142 valence electrons. The molecule has 1 aliphatic rings. The van der Waals surface area contributed by atoms with E-state index in [1.54, 1.807) is 14.2 Å². The summed E-state index contributed by atoms with van der Waals surface area (Å²) in [6.45, 7) is 9.03. The Kier molecular flexibility index (Phi) is 13.3. The Balaban J connectivity index is 0.00000529. The third-order valence-corrected chi connectivity index (χ3v) is 4.00. The fourth-order valence-electron chi connectivity index (χ4n) is 2.48. The van der Waals surface area contributed by atoms with Crippen LogP contribution in [0, 0.1) is 5.92 Å². The van der Waals surface area contributed by atoms with E-state index in [2.05, 4.69) is 25.8 Å². The summed E-state index contributed by atoms with van der Waals surface area (Å²) in [6, 6.07) is 0.449. The maximum absolute atomic E-state index is 11.5. The summed E-state index contributed by atoms with van der Waals surface area (Å²) in [4.78, 5) is 18.2. The topological polar surface area (TPSA) is 78.0 Å². The highest BCUT2D eigenvalue weighted by molar-refractivity contribution is 14.0. The molecule has 1 saturated heterocycles. The number of aliphatic imine (C=N–C) groups is 1. The standard InChI is InChI=1S/C16H33N5O2.HI/c1-13(2)15(22)18-7-8-19-16(17-3)20-14-5-9-21(10-6-14)11-12-23-4;/h13-14H,5-12H2,1-4H3,(H,18,22)(H2,17,19,20);1H. The highest BCUT2D eigenvalue weighted by atomic mass is 127. The zero-order valence-corrected chi connectivity index (χ0v) is 17.8. The van der Waals surface area contributed by atoms with Crippen LogP contribution in [-0.2, 0) is 9.53 Å². The van der Waals surface area contributed by atoms with Crippen LogP contribution < -0.4 is 16.0 Å². The van der Waals surface area contributed by atoms with Crippen LogP contribution in [0.5, 0.6) is 0 Å². The van der Waals surface area contributed by atoms with Crippen molar-refractivity contribution in [3.05, 3.63) is 0 Å². The SMILES string of the molecule is CN=C(NCCNC(=O)C(C)C)NC1CCN(CCOC)CC1.I. The molecule has 1 heterocycles. The smallest absolute Gasteiger partial charge is 0.222 e. The molecule has 0 atom stereocenters. The number of nitrogens with zero attached hydrogens (tertiary/aromatic N) is 2. The summed E-state index contributed by atoms with van der Waals surface area (Å²) in [7, 11) is 3.52. The lowest BCUT2D eigenvalue weighted by Crippen LogP contribution is -2.50. The number of nitrogens with one attached hydrogen (secondary N) is 3. The van der Waals surface area contributed by atoms with Crippen LogP contribution in [0.25, 0.3) is 0 Å². The Labute approximate surface area is 163 Å². The van der Waals surface area contributed by atoms with Crippen LogP contribution in [0.4, 0.5) is 0 Å². The monoisotopic (exact) mass is 455 g/mol. The second-order valence-electron chi connectivity index (χ2n) is 6.20. The van der Waals surface area contributed by atoms with Gasteiger partial charge in [-0.05, 0) is 12.8 Å². The predicted octanol–water partition coefficient (Wildman–Crippen LogP) is 0.652. The first kappa shape index (κ1) is 23.4. The van der Waals surface area contributed by atoms with Crippen LogP contribution in [0.1, 0.15) is 26.7 Å².